The number of hydrogen-bond donors (Lipinski definition) is 2. The van der Waals surface area contributed by atoms with Crippen molar-refractivity contribution in [2.24, 2.45) is 40.4 Å². The van der Waals surface area contributed by atoms with Gasteiger partial charge < -0.3 is 14.9 Å². The van der Waals surface area contributed by atoms with Gasteiger partial charge in [0.25, 0.3) is 0 Å². The van der Waals surface area contributed by atoms with Gasteiger partial charge in [-0.05, 0) is 119 Å². The zero-order chi connectivity index (χ0) is 25.6. The van der Waals surface area contributed by atoms with Crippen LogP contribution in [0.25, 0.3) is 0 Å². The Hall–Kier alpha value is -0.590. The molecule has 0 radical (unpaired) electrons. The Morgan fingerprint density at radius 3 is 2.49 bits per heavy atom. The summed E-state index contributed by atoms with van der Waals surface area (Å²) in [6, 6.07) is 0. The summed E-state index contributed by atoms with van der Waals surface area (Å²) in [5.74, 6) is 2.30. The molecule has 0 amide bonds. The van der Waals surface area contributed by atoms with Gasteiger partial charge in [-0.15, -0.1) is 0 Å². The van der Waals surface area contributed by atoms with Crippen LogP contribution in [0.4, 0.5) is 13.2 Å². The summed E-state index contributed by atoms with van der Waals surface area (Å²) in [6.07, 6.45) is 6.39. The molecule has 0 aliphatic heterocycles. The summed E-state index contributed by atoms with van der Waals surface area (Å²) in [7, 11) is 1.80. The lowest BCUT2D eigenvalue weighted by Gasteiger charge is -2.54. The number of methoxy groups -OCH3 is 1. The average molecular weight is 501 g/mol. The largest absolute Gasteiger partial charge is 0.414 e. The molecule has 0 spiro atoms. The highest BCUT2D eigenvalue weighted by molar-refractivity contribution is 5.24. The zero-order valence-corrected chi connectivity index (χ0v) is 22.2. The maximum atomic E-state index is 12.9. The van der Waals surface area contributed by atoms with Gasteiger partial charge in [-0.3, -0.25) is 0 Å². The summed E-state index contributed by atoms with van der Waals surface area (Å²) < 4.78 is 44.6. The Labute approximate surface area is 209 Å². The zero-order valence-electron chi connectivity index (χ0n) is 22.2. The van der Waals surface area contributed by atoms with E-state index in [0.717, 1.165) is 51.4 Å². The van der Waals surface area contributed by atoms with Gasteiger partial charge in [-0.2, -0.15) is 13.2 Å². The maximum Gasteiger partial charge on any atom is 0.414 e. The third-order valence-electron chi connectivity index (χ3n) is 11.1. The van der Waals surface area contributed by atoms with E-state index >= 15 is 0 Å². The van der Waals surface area contributed by atoms with E-state index in [1.54, 1.807) is 7.11 Å². The second-order valence-corrected chi connectivity index (χ2v) is 13.2. The third kappa shape index (κ3) is 5.23. The molecule has 35 heavy (non-hydrogen) atoms. The van der Waals surface area contributed by atoms with Crippen molar-refractivity contribution in [3.05, 3.63) is 11.6 Å². The van der Waals surface area contributed by atoms with E-state index in [1.807, 2.05) is 6.92 Å². The molecule has 2 bridgehead atoms. The minimum absolute atomic E-state index is 0.00168. The quantitative estimate of drug-likeness (QED) is 0.384. The number of ether oxygens (including phenoxy) is 1. The van der Waals surface area contributed by atoms with Gasteiger partial charge in [-0.25, -0.2) is 0 Å². The molecule has 3 saturated carbocycles. The minimum Gasteiger partial charge on any atom is -0.390 e. The molecule has 4 aliphatic carbocycles. The number of hydrogen-bond acceptors (Lipinski definition) is 3. The van der Waals surface area contributed by atoms with E-state index in [2.05, 4.69) is 19.9 Å². The summed E-state index contributed by atoms with van der Waals surface area (Å²) in [6.45, 7) is 7.23. The molecule has 1 unspecified atom stereocenters. The monoisotopic (exact) mass is 500 g/mol. The number of alkyl halides is 3. The molecule has 0 aromatic rings. The van der Waals surface area contributed by atoms with Gasteiger partial charge in [0.15, 0.2) is 0 Å². The first kappa shape index (κ1) is 27.4. The lowest BCUT2D eigenvalue weighted by atomic mass is 9.52. The van der Waals surface area contributed by atoms with Crippen molar-refractivity contribution in [1.29, 1.82) is 0 Å². The van der Waals surface area contributed by atoms with Gasteiger partial charge in [0.2, 0.25) is 0 Å². The molecule has 2 N–H and O–H groups in total. The molecular formula is C29H47F3O3. The SMILES string of the molecule is COC[C@]12CC[C@](C)(O)C/C1=C/C[C@H]1CC[C@@H]2CC[C@]2(C)[C@@H]([C@H](C)CCC(O)C(F)(F)F)CC[C@@H]12. The van der Waals surface area contributed by atoms with E-state index in [9.17, 15) is 23.4 Å². The van der Waals surface area contributed by atoms with Gasteiger partial charge in [0, 0.05) is 12.5 Å². The highest BCUT2D eigenvalue weighted by Crippen LogP contribution is 2.63. The van der Waals surface area contributed by atoms with Gasteiger partial charge in [-0.1, -0.05) is 25.5 Å². The van der Waals surface area contributed by atoms with Crippen LogP contribution in [0.1, 0.15) is 97.8 Å². The smallest absolute Gasteiger partial charge is 0.390 e. The Kier molecular flexibility index (Phi) is 7.80. The first-order chi connectivity index (χ1) is 16.3. The van der Waals surface area contributed by atoms with Crippen LogP contribution in [-0.2, 0) is 4.74 Å². The highest BCUT2D eigenvalue weighted by Gasteiger charge is 2.55. The summed E-state index contributed by atoms with van der Waals surface area (Å²) in [4.78, 5) is 0. The van der Waals surface area contributed by atoms with E-state index in [1.165, 1.54) is 18.4 Å². The van der Waals surface area contributed by atoms with Crippen LogP contribution in [-0.4, -0.2) is 41.8 Å². The fourth-order valence-electron chi connectivity index (χ4n) is 9.14. The van der Waals surface area contributed by atoms with Crippen LogP contribution < -0.4 is 0 Å². The van der Waals surface area contributed by atoms with Crippen LogP contribution in [0.15, 0.2) is 11.6 Å². The molecule has 4 rings (SSSR count). The molecule has 0 heterocycles. The molecule has 202 valence electrons. The Bertz CT molecular complexity index is 778. The van der Waals surface area contributed by atoms with Crippen molar-refractivity contribution < 1.29 is 28.1 Å². The lowest BCUT2D eigenvalue weighted by Crippen LogP contribution is -2.48. The Balaban J connectivity index is 1.59. The number of aliphatic hydroxyl groups is 2. The molecule has 0 saturated heterocycles. The molecular weight excluding hydrogens is 453 g/mol. The van der Waals surface area contributed by atoms with Crippen molar-refractivity contribution in [3.8, 4) is 0 Å². The van der Waals surface area contributed by atoms with Crippen LogP contribution >= 0.6 is 0 Å². The van der Waals surface area contributed by atoms with Crippen LogP contribution in [0.2, 0.25) is 0 Å². The Morgan fingerprint density at radius 2 is 1.80 bits per heavy atom. The van der Waals surface area contributed by atoms with E-state index in [-0.39, 0.29) is 23.2 Å². The fraction of sp³-hybridized carbons (Fsp3) is 0.931. The normalized spacial score (nSPS) is 45.2. The molecule has 0 aromatic heterocycles. The van der Waals surface area contributed by atoms with Crippen molar-refractivity contribution in [1.82, 2.24) is 0 Å². The summed E-state index contributed by atoms with van der Waals surface area (Å²) >= 11 is 0. The van der Waals surface area contributed by atoms with Crippen molar-refractivity contribution in [3.63, 3.8) is 0 Å². The van der Waals surface area contributed by atoms with Crippen molar-refractivity contribution in [2.45, 2.75) is 116 Å². The molecule has 0 aromatic carbocycles. The van der Waals surface area contributed by atoms with Gasteiger partial charge >= 0.3 is 6.18 Å². The fourth-order valence-corrected chi connectivity index (χ4v) is 9.14. The van der Waals surface area contributed by atoms with Crippen molar-refractivity contribution in [2.75, 3.05) is 13.7 Å². The summed E-state index contributed by atoms with van der Waals surface area (Å²) in [5.41, 5.74) is 0.904. The van der Waals surface area contributed by atoms with Gasteiger partial charge in [0.05, 0.1) is 12.2 Å². The molecule has 3 fully saturated rings. The highest BCUT2D eigenvalue weighted by atomic mass is 19.4. The molecule has 3 nitrogen and oxygen atoms in total. The van der Waals surface area contributed by atoms with E-state index in [0.29, 0.717) is 36.7 Å². The topological polar surface area (TPSA) is 49.7 Å². The summed E-state index contributed by atoms with van der Waals surface area (Å²) in [5, 5.41) is 20.5. The van der Waals surface area contributed by atoms with Crippen LogP contribution in [0.5, 0.6) is 0 Å². The number of fused-ring (bicyclic) bond motifs is 7. The lowest BCUT2D eigenvalue weighted by molar-refractivity contribution is -0.206. The average Bonchev–Trinajstić information content (AvgIpc) is 3.09. The number of aliphatic hydroxyl groups excluding tert-OH is 1. The standard InChI is InChI=1S/C29H47F3O3/c1-19(5-12-25(33)29(30,31)32)23-10-11-24-20-6-8-21(13-14-27(23,24)3)28(18-35-4)16-15-26(2,34)17-22(28)9-7-20/h9,19-21,23-25,33-34H,5-8,10-18H2,1-4H3/b22-9-/t19-,20-,21-,23-,24+,25?,26+,27-,28+/m1/s1. The second-order valence-electron chi connectivity index (χ2n) is 13.2. The predicted octanol–water partition coefficient (Wildman–Crippen LogP) is 7.06. The predicted molar refractivity (Wildman–Crippen MR) is 132 cm³/mol. The molecule has 4 aliphatic rings. The number of allylic oxidation sites excluding steroid dienone is 1. The Morgan fingerprint density at radius 1 is 1.06 bits per heavy atom. The van der Waals surface area contributed by atoms with Crippen LogP contribution in [0.3, 0.4) is 0 Å². The van der Waals surface area contributed by atoms with E-state index < -0.39 is 17.9 Å². The third-order valence-corrected chi connectivity index (χ3v) is 11.1. The number of halogens is 3. The molecule has 6 heteroatoms. The van der Waals surface area contributed by atoms with Crippen molar-refractivity contribution >= 4 is 0 Å². The minimum atomic E-state index is -4.53. The van der Waals surface area contributed by atoms with Crippen LogP contribution in [0, 0.1) is 40.4 Å². The first-order valence-corrected chi connectivity index (χ1v) is 14.0. The second kappa shape index (κ2) is 9.94. The van der Waals surface area contributed by atoms with E-state index in [4.69, 9.17) is 4.74 Å². The maximum absolute atomic E-state index is 12.9. The molecule has 9 atom stereocenters. The van der Waals surface area contributed by atoms with Gasteiger partial charge in [0.1, 0.15) is 6.10 Å². The first-order valence-electron chi connectivity index (χ1n) is 14.0. The number of rotatable bonds is 6.